The normalized spacial score (nSPS) is 23.8. The van der Waals surface area contributed by atoms with Gasteiger partial charge in [0.25, 0.3) is 5.91 Å². The maximum Gasteiger partial charge on any atom is 0.255 e. The molecule has 1 aliphatic carbocycles. The zero-order chi connectivity index (χ0) is 36.9. The van der Waals surface area contributed by atoms with E-state index in [0.717, 1.165) is 69.9 Å². The van der Waals surface area contributed by atoms with Gasteiger partial charge < -0.3 is 19.8 Å². The molecule has 9 rings (SSSR count). The first-order valence-electron chi connectivity index (χ1n) is 19.7. The quantitative estimate of drug-likeness (QED) is 0.262. The van der Waals surface area contributed by atoms with Crippen LogP contribution >= 0.6 is 0 Å². The highest BCUT2D eigenvalue weighted by molar-refractivity contribution is 6.05. The number of imide groups is 1. The van der Waals surface area contributed by atoms with Crippen LogP contribution in [0.5, 0.6) is 5.75 Å². The first kappa shape index (κ1) is 34.6. The lowest BCUT2D eigenvalue weighted by atomic mass is 9.70. The van der Waals surface area contributed by atoms with Crippen molar-refractivity contribution in [1.29, 1.82) is 0 Å². The van der Waals surface area contributed by atoms with E-state index < -0.39 is 6.04 Å². The van der Waals surface area contributed by atoms with Crippen LogP contribution in [0.15, 0.2) is 72.9 Å². The Morgan fingerprint density at radius 1 is 0.778 bits per heavy atom. The highest BCUT2D eigenvalue weighted by atomic mass is 16.3. The molecule has 3 amide bonds. The molecule has 2 N–H and O–H groups in total. The summed E-state index contributed by atoms with van der Waals surface area (Å²) in [6.45, 7) is 7.60. The van der Waals surface area contributed by atoms with Gasteiger partial charge in [0, 0.05) is 106 Å². The summed E-state index contributed by atoms with van der Waals surface area (Å²) >= 11 is 0. The Kier molecular flexibility index (Phi) is 9.13. The molecule has 3 atom stereocenters. The van der Waals surface area contributed by atoms with E-state index in [1.54, 1.807) is 4.90 Å². The van der Waals surface area contributed by atoms with Crippen molar-refractivity contribution >= 4 is 29.1 Å². The zero-order valence-electron chi connectivity index (χ0n) is 31.0. The van der Waals surface area contributed by atoms with Gasteiger partial charge in [-0.2, -0.15) is 5.10 Å². The number of hydrogen-bond acceptors (Lipinski definition) is 8. The van der Waals surface area contributed by atoms with Crippen molar-refractivity contribution in [3.05, 3.63) is 106 Å². The second-order valence-electron chi connectivity index (χ2n) is 15.9. The molecule has 0 bridgehead atoms. The number of aromatic nitrogens is 2. The van der Waals surface area contributed by atoms with Gasteiger partial charge in [-0.3, -0.25) is 29.3 Å². The third-order valence-electron chi connectivity index (χ3n) is 12.8. The van der Waals surface area contributed by atoms with Crippen LogP contribution < -0.4 is 15.1 Å². The van der Waals surface area contributed by atoms with Crippen molar-refractivity contribution in [2.24, 2.45) is 13.0 Å². The molecule has 3 saturated heterocycles. The minimum Gasteiger partial charge on any atom is -0.508 e. The van der Waals surface area contributed by atoms with Crippen molar-refractivity contribution in [1.82, 2.24) is 24.9 Å². The number of amides is 3. The molecular formula is C43H49N7O4. The summed E-state index contributed by atoms with van der Waals surface area (Å²) in [5, 5.41) is 17.1. The number of nitrogens with zero attached hydrogens (tertiary/aromatic N) is 6. The largest absolute Gasteiger partial charge is 0.508 e. The van der Waals surface area contributed by atoms with E-state index in [1.165, 1.54) is 40.9 Å². The fourth-order valence-corrected chi connectivity index (χ4v) is 9.86. The van der Waals surface area contributed by atoms with E-state index in [4.69, 9.17) is 0 Å². The maximum absolute atomic E-state index is 13.1. The first-order valence-corrected chi connectivity index (χ1v) is 19.7. The molecule has 0 unspecified atom stereocenters. The number of fused-ring (bicyclic) bond motifs is 2. The maximum atomic E-state index is 13.1. The average molecular weight is 728 g/mol. The Hall–Kier alpha value is -5.16. The predicted octanol–water partition coefficient (Wildman–Crippen LogP) is 4.79. The number of aromatic hydroxyl groups is 1. The lowest BCUT2D eigenvalue weighted by Gasteiger charge is -2.40. The predicted molar refractivity (Wildman–Crippen MR) is 207 cm³/mol. The Labute approximate surface area is 316 Å². The molecule has 5 aliphatic rings. The average Bonchev–Trinajstić information content (AvgIpc) is 3.76. The molecule has 0 saturated carbocycles. The molecule has 3 fully saturated rings. The number of nitrogens with one attached hydrogen (secondary N) is 1. The minimum absolute atomic E-state index is 0.123. The van der Waals surface area contributed by atoms with E-state index in [1.807, 2.05) is 42.2 Å². The summed E-state index contributed by atoms with van der Waals surface area (Å²) in [6.07, 6.45) is 6.88. The lowest BCUT2D eigenvalue weighted by molar-refractivity contribution is -0.136. The van der Waals surface area contributed by atoms with Crippen LogP contribution in [0.3, 0.4) is 0 Å². The fourth-order valence-electron chi connectivity index (χ4n) is 9.86. The van der Waals surface area contributed by atoms with Gasteiger partial charge in [-0.15, -0.1) is 0 Å². The highest BCUT2D eigenvalue weighted by Crippen LogP contribution is 2.47. The number of aryl methyl sites for hydroxylation is 2. The molecule has 11 heteroatoms. The molecule has 0 radical (unpaired) electrons. The number of anilines is 2. The molecule has 54 heavy (non-hydrogen) atoms. The van der Waals surface area contributed by atoms with Crippen LogP contribution in [0.1, 0.15) is 82.2 Å². The second kappa shape index (κ2) is 14.2. The molecular weight excluding hydrogens is 679 g/mol. The smallest absolute Gasteiger partial charge is 0.255 e. The number of carbonyl (C=O) groups is 3. The summed E-state index contributed by atoms with van der Waals surface area (Å²) in [5.74, 6) is 0.805. The van der Waals surface area contributed by atoms with E-state index in [9.17, 15) is 19.5 Å². The van der Waals surface area contributed by atoms with Crippen molar-refractivity contribution in [2.45, 2.75) is 62.9 Å². The summed E-state index contributed by atoms with van der Waals surface area (Å²) in [7, 11) is 2.04. The Balaban J connectivity index is 0.781. The van der Waals surface area contributed by atoms with Gasteiger partial charge in [0.05, 0.1) is 0 Å². The van der Waals surface area contributed by atoms with Crippen molar-refractivity contribution in [2.75, 3.05) is 55.6 Å². The van der Waals surface area contributed by atoms with Gasteiger partial charge in [-0.25, -0.2) is 0 Å². The van der Waals surface area contributed by atoms with Crippen LogP contribution in [0.4, 0.5) is 11.4 Å². The summed E-state index contributed by atoms with van der Waals surface area (Å²) < 4.78 is 2.01. The van der Waals surface area contributed by atoms with Crippen molar-refractivity contribution in [3.8, 4) is 5.75 Å². The zero-order valence-corrected chi connectivity index (χ0v) is 31.0. The summed E-state index contributed by atoms with van der Waals surface area (Å²) in [6, 6.07) is 22.8. The third kappa shape index (κ3) is 6.52. The Bertz CT molecular complexity index is 2060. The molecule has 3 aromatic carbocycles. The second-order valence-corrected chi connectivity index (χ2v) is 15.9. The van der Waals surface area contributed by atoms with Gasteiger partial charge in [-0.1, -0.05) is 18.2 Å². The van der Waals surface area contributed by atoms with E-state index in [2.05, 4.69) is 67.6 Å². The molecule has 11 nitrogen and oxygen atoms in total. The van der Waals surface area contributed by atoms with E-state index in [0.29, 0.717) is 36.1 Å². The van der Waals surface area contributed by atoms with Gasteiger partial charge in [0.1, 0.15) is 11.8 Å². The number of piperazine rings is 1. The molecule has 4 aromatic rings. The summed E-state index contributed by atoms with van der Waals surface area (Å²) in [4.78, 5) is 46.4. The van der Waals surface area contributed by atoms with Gasteiger partial charge >= 0.3 is 0 Å². The topological polar surface area (TPSA) is 114 Å². The Morgan fingerprint density at radius 3 is 2.28 bits per heavy atom. The molecule has 1 aromatic heterocycles. The van der Waals surface area contributed by atoms with Gasteiger partial charge in [-0.05, 0) is 109 Å². The fraction of sp³-hybridized carbons (Fsp3) is 0.442. The number of piperidine rings is 2. The molecule has 280 valence electrons. The van der Waals surface area contributed by atoms with Crippen molar-refractivity contribution in [3.63, 3.8) is 0 Å². The lowest BCUT2D eigenvalue weighted by Crippen LogP contribution is -2.52. The summed E-state index contributed by atoms with van der Waals surface area (Å²) in [5.41, 5.74) is 9.16. The van der Waals surface area contributed by atoms with Crippen LogP contribution in [-0.4, -0.2) is 94.3 Å². The third-order valence-corrected chi connectivity index (χ3v) is 12.8. The highest BCUT2D eigenvalue weighted by Gasteiger charge is 2.39. The minimum atomic E-state index is -0.587. The van der Waals surface area contributed by atoms with Crippen LogP contribution in [0.2, 0.25) is 0 Å². The number of phenols is 1. The number of benzene rings is 3. The first-order chi connectivity index (χ1) is 26.3. The van der Waals surface area contributed by atoms with Crippen molar-refractivity contribution < 1.29 is 19.5 Å². The molecule has 4 aliphatic heterocycles. The number of carbonyl (C=O) groups excluding carboxylic acids is 3. The van der Waals surface area contributed by atoms with Crippen LogP contribution in [0, 0.1) is 5.92 Å². The molecule has 0 spiro atoms. The monoisotopic (exact) mass is 727 g/mol. The SMILES string of the molecule is Cn1nccc1[C@H]1CCc2cc(O)ccc2[C@H]1c1ccc(N2CCC(CN3CCN(c4ccc5c(c4)CN([C@H]4CCC(=O)NC4=O)C5=O)CC3)CC2)cc1. The van der Waals surface area contributed by atoms with Crippen LogP contribution in [-0.2, 0) is 29.6 Å². The van der Waals surface area contributed by atoms with Gasteiger partial charge in [0.15, 0.2) is 0 Å². The van der Waals surface area contributed by atoms with E-state index in [-0.39, 0.29) is 30.1 Å². The van der Waals surface area contributed by atoms with Crippen LogP contribution in [0.25, 0.3) is 0 Å². The van der Waals surface area contributed by atoms with E-state index >= 15 is 0 Å². The number of phenolic OH excluding ortho intramolecular Hbond substituents is 1. The Morgan fingerprint density at radius 2 is 1.54 bits per heavy atom. The molecule has 5 heterocycles. The number of hydrogen-bond donors (Lipinski definition) is 2. The standard InChI is InChI=1S/C43H49N7O4/c1-46-38(14-17-44-46)37-9-4-30-25-34(51)8-11-35(30)41(37)29-2-5-32(6-3-29)48-18-15-28(16-19-48)26-47-20-22-49(23-21-47)33-7-10-36-31(24-33)27-50(43(36)54)39-12-13-40(52)45-42(39)53/h2-3,5-8,10-11,14,17,24-25,28,37,39,41,51H,4,9,12-13,15-16,18-23,26-27H2,1H3,(H,45,52,53)/t37-,39+,41-/m1/s1. The number of rotatable bonds is 7. The van der Waals surface area contributed by atoms with Gasteiger partial charge in [0.2, 0.25) is 11.8 Å².